The Hall–Kier alpha value is -2.67. The molecule has 3 heterocycles. The number of hydrogen-bond donors (Lipinski definition) is 1. The number of aryl methyl sites for hydroxylation is 1. The number of fused-ring (bicyclic) bond motifs is 1. The highest BCUT2D eigenvalue weighted by Gasteiger charge is 2.47. The van der Waals surface area contributed by atoms with Gasteiger partial charge in [-0.05, 0) is 18.9 Å². The van der Waals surface area contributed by atoms with Crippen molar-refractivity contribution in [3.05, 3.63) is 48.3 Å². The lowest BCUT2D eigenvalue weighted by atomic mass is 9.84. The number of rotatable bonds is 3. The number of carbonyl (C=O) groups excluding carboxylic acids is 2. The number of nitrogens with zero attached hydrogens (tertiary/aromatic N) is 3. The first-order valence-corrected chi connectivity index (χ1v) is 9.44. The van der Waals surface area contributed by atoms with Gasteiger partial charge in [-0.25, -0.2) is 0 Å². The van der Waals surface area contributed by atoms with Crippen LogP contribution in [0.15, 0.2) is 42.7 Å². The van der Waals surface area contributed by atoms with Crippen LogP contribution >= 0.6 is 0 Å². The minimum absolute atomic E-state index is 0.0422. The zero-order valence-corrected chi connectivity index (χ0v) is 15.4. The Labute approximate surface area is 158 Å². The number of amides is 2. The minimum atomic E-state index is -0.607. The molecule has 142 valence electrons. The van der Waals surface area contributed by atoms with Crippen LogP contribution < -0.4 is 5.32 Å². The maximum absolute atomic E-state index is 12.9. The van der Waals surface area contributed by atoms with Crippen LogP contribution in [-0.2, 0) is 20.9 Å². The smallest absolute Gasteiger partial charge is 0.314 e. The first kappa shape index (κ1) is 17.7. The first-order chi connectivity index (χ1) is 13.2. The fourth-order valence-corrected chi connectivity index (χ4v) is 4.21. The molecule has 2 fully saturated rings. The fraction of sp³-hybridized carbons (Fsp3) is 0.450. The number of aromatic nitrogens is 2. The number of ether oxygens (including phenoxy) is 1. The van der Waals surface area contributed by atoms with Gasteiger partial charge in [-0.15, -0.1) is 0 Å². The van der Waals surface area contributed by atoms with Gasteiger partial charge in [-0.2, -0.15) is 5.10 Å². The number of nitrogens with one attached hydrogen (secondary N) is 1. The lowest BCUT2D eigenvalue weighted by Crippen LogP contribution is -2.46. The third kappa shape index (κ3) is 3.47. The number of benzene rings is 1. The van der Waals surface area contributed by atoms with E-state index in [4.69, 9.17) is 4.74 Å². The van der Waals surface area contributed by atoms with Gasteiger partial charge in [0.15, 0.2) is 0 Å². The molecule has 2 aliphatic heterocycles. The predicted octanol–water partition coefficient (Wildman–Crippen LogP) is 1.87. The van der Waals surface area contributed by atoms with E-state index in [0.29, 0.717) is 32.0 Å². The van der Waals surface area contributed by atoms with Gasteiger partial charge in [0.25, 0.3) is 0 Å². The summed E-state index contributed by atoms with van der Waals surface area (Å²) in [5, 5.41) is 6.80. The third-order valence-corrected chi connectivity index (χ3v) is 5.57. The van der Waals surface area contributed by atoms with E-state index in [2.05, 4.69) is 22.5 Å². The molecule has 7 nitrogen and oxygen atoms in total. The first-order valence-electron chi connectivity index (χ1n) is 9.44. The van der Waals surface area contributed by atoms with E-state index >= 15 is 0 Å². The molecule has 0 bridgehead atoms. The van der Waals surface area contributed by atoms with Gasteiger partial charge in [0.05, 0.1) is 18.5 Å². The van der Waals surface area contributed by atoms with E-state index in [0.717, 1.165) is 6.42 Å². The molecule has 3 unspecified atom stereocenters. The van der Waals surface area contributed by atoms with Crippen LogP contribution in [0, 0.1) is 5.92 Å². The van der Waals surface area contributed by atoms with Crippen LogP contribution in [-0.4, -0.2) is 52.3 Å². The van der Waals surface area contributed by atoms with Crippen molar-refractivity contribution in [3.8, 4) is 0 Å². The van der Waals surface area contributed by atoms with Gasteiger partial charge < -0.3 is 15.0 Å². The number of likely N-dealkylation sites (tertiary alicyclic amines) is 1. The lowest BCUT2D eigenvalue weighted by Gasteiger charge is -2.32. The van der Waals surface area contributed by atoms with Crippen molar-refractivity contribution in [2.45, 2.75) is 31.8 Å². The summed E-state index contributed by atoms with van der Waals surface area (Å²) in [6, 6.07) is 10.2. The summed E-state index contributed by atoms with van der Waals surface area (Å²) in [5.74, 6) is -0.670. The second-order valence-corrected chi connectivity index (χ2v) is 7.11. The molecule has 0 aliphatic carbocycles. The molecular formula is C20H24N4O3. The molecule has 2 amide bonds. The summed E-state index contributed by atoms with van der Waals surface area (Å²) >= 11 is 0. The monoisotopic (exact) mass is 368 g/mol. The van der Waals surface area contributed by atoms with Gasteiger partial charge in [-0.1, -0.05) is 30.3 Å². The number of hydrogen-bond acceptors (Lipinski definition) is 4. The lowest BCUT2D eigenvalue weighted by molar-refractivity contribution is -0.144. The molecule has 4 rings (SSSR count). The zero-order chi connectivity index (χ0) is 18.8. The largest absolute Gasteiger partial charge is 0.381 e. The molecule has 2 saturated heterocycles. The topological polar surface area (TPSA) is 76.5 Å². The predicted molar refractivity (Wildman–Crippen MR) is 100 cm³/mol. The Morgan fingerprint density at radius 1 is 1.30 bits per heavy atom. The van der Waals surface area contributed by atoms with Crippen LogP contribution in [0.1, 0.15) is 24.8 Å². The summed E-state index contributed by atoms with van der Waals surface area (Å²) in [5.41, 5.74) is 1.73. The van der Waals surface area contributed by atoms with Crippen molar-refractivity contribution < 1.29 is 14.3 Å². The highest BCUT2D eigenvalue weighted by atomic mass is 16.5. The van der Waals surface area contributed by atoms with Crippen LogP contribution in [0.25, 0.3) is 0 Å². The van der Waals surface area contributed by atoms with Gasteiger partial charge in [0, 0.05) is 43.8 Å². The highest BCUT2D eigenvalue weighted by Crippen LogP contribution is 2.40. The molecule has 7 heteroatoms. The van der Waals surface area contributed by atoms with Crippen molar-refractivity contribution in [1.82, 2.24) is 14.7 Å². The van der Waals surface area contributed by atoms with Crippen molar-refractivity contribution in [2.75, 3.05) is 25.1 Å². The maximum atomic E-state index is 12.9. The molecule has 1 aromatic carbocycles. The molecule has 2 aliphatic rings. The summed E-state index contributed by atoms with van der Waals surface area (Å²) in [7, 11) is 0. The fourth-order valence-electron chi connectivity index (χ4n) is 4.21. The average molecular weight is 368 g/mol. The van der Waals surface area contributed by atoms with E-state index in [1.165, 1.54) is 5.56 Å². The molecule has 0 spiro atoms. The summed E-state index contributed by atoms with van der Waals surface area (Å²) < 4.78 is 7.39. The van der Waals surface area contributed by atoms with Crippen molar-refractivity contribution in [3.63, 3.8) is 0 Å². The molecule has 2 aromatic rings. The van der Waals surface area contributed by atoms with E-state index < -0.39 is 11.8 Å². The van der Waals surface area contributed by atoms with Crippen molar-refractivity contribution in [1.29, 1.82) is 0 Å². The molecular weight excluding hydrogens is 344 g/mol. The third-order valence-electron chi connectivity index (χ3n) is 5.57. The van der Waals surface area contributed by atoms with Crippen LogP contribution in [0.2, 0.25) is 0 Å². The number of carbonyl (C=O) groups is 2. The quantitative estimate of drug-likeness (QED) is 0.839. The van der Waals surface area contributed by atoms with Gasteiger partial charge in [-0.3, -0.25) is 14.3 Å². The molecule has 1 N–H and O–H groups in total. The van der Waals surface area contributed by atoms with Crippen molar-refractivity contribution in [2.24, 2.45) is 5.92 Å². The summed E-state index contributed by atoms with van der Waals surface area (Å²) in [4.78, 5) is 27.2. The SMILES string of the molecule is CCn1cc(NC(=O)C(=O)N2CC(c3ccccc3)C3COCCC32)cn1. The molecule has 0 saturated carbocycles. The molecule has 3 atom stereocenters. The van der Waals surface area contributed by atoms with Gasteiger partial charge >= 0.3 is 11.8 Å². The van der Waals surface area contributed by atoms with Crippen LogP contribution in [0.3, 0.4) is 0 Å². The zero-order valence-electron chi connectivity index (χ0n) is 15.4. The molecule has 27 heavy (non-hydrogen) atoms. The molecule has 0 radical (unpaired) electrons. The summed E-state index contributed by atoms with van der Waals surface area (Å²) in [6.45, 7) is 4.46. The Kier molecular flexibility index (Phi) is 4.94. The normalized spacial score (nSPS) is 24.5. The standard InChI is InChI=1S/C20H24N4O3/c1-2-23-11-15(10-21-23)22-19(25)20(26)24-12-16(14-6-4-3-5-7-14)17-13-27-9-8-18(17)24/h3-7,10-11,16-18H,2,8-9,12-13H2,1H3,(H,22,25). The molecule has 1 aromatic heterocycles. The average Bonchev–Trinajstić information content (AvgIpc) is 3.32. The van der Waals surface area contributed by atoms with Gasteiger partial charge in [0.1, 0.15) is 0 Å². The summed E-state index contributed by atoms with van der Waals surface area (Å²) in [6.07, 6.45) is 4.04. The number of anilines is 1. The Bertz CT molecular complexity index is 820. The van der Waals surface area contributed by atoms with E-state index in [9.17, 15) is 9.59 Å². The Morgan fingerprint density at radius 3 is 2.85 bits per heavy atom. The Balaban J connectivity index is 1.51. The second kappa shape index (κ2) is 7.52. The Morgan fingerprint density at radius 2 is 2.11 bits per heavy atom. The van der Waals surface area contributed by atoms with E-state index in [-0.39, 0.29) is 17.9 Å². The second-order valence-electron chi connectivity index (χ2n) is 7.11. The highest BCUT2D eigenvalue weighted by molar-refractivity contribution is 6.39. The van der Waals surface area contributed by atoms with Crippen molar-refractivity contribution >= 4 is 17.5 Å². The van der Waals surface area contributed by atoms with Gasteiger partial charge in [0.2, 0.25) is 0 Å². The van der Waals surface area contributed by atoms with Crippen LogP contribution in [0.4, 0.5) is 5.69 Å². The van der Waals surface area contributed by atoms with E-state index in [1.54, 1.807) is 22.0 Å². The van der Waals surface area contributed by atoms with E-state index in [1.807, 2.05) is 25.1 Å². The van der Waals surface area contributed by atoms with Crippen LogP contribution in [0.5, 0.6) is 0 Å². The maximum Gasteiger partial charge on any atom is 0.314 e. The minimum Gasteiger partial charge on any atom is -0.381 e.